The lowest BCUT2D eigenvalue weighted by Gasteiger charge is -2.34. The Labute approximate surface area is 139 Å². The Morgan fingerprint density at radius 3 is 2.79 bits per heavy atom. The monoisotopic (exact) mass is 326 g/mol. The number of rotatable bonds is 3. The minimum Gasteiger partial charge on any atom is -0.504 e. The molecule has 1 atom stereocenters. The number of carbonyl (C=O) groups is 2. The molecule has 24 heavy (non-hydrogen) atoms. The number of carbonyl (C=O) groups excluding carboxylic acids is 2. The fourth-order valence-corrected chi connectivity index (χ4v) is 2.80. The second-order valence-corrected chi connectivity index (χ2v) is 5.61. The van der Waals surface area contributed by atoms with Crippen molar-refractivity contribution in [2.45, 2.75) is 25.3 Å². The molecule has 1 aliphatic rings. The van der Waals surface area contributed by atoms with Gasteiger partial charge in [-0.2, -0.15) is 0 Å². The average Bonchev–Trinajstić information content (AvgIpc) is 2.63. The van der Waals surface area contributed by atoms with Crippen LogP contribution in [0.3, 0.4) is 0 Å². The molecule has 7 heteroatoms. The van der Waals surface area contributed by atoms with Crippen molar-refractivity contribution >= 4 is 17.6 Å². The first kappa shape index (κ1) is 15.9. The normalized spacial score (nSPS) is 17.3. The lowest BCUT2D eigenvalue weighted by atomic mass is 10.00. The molecule has 0 bridgehead atoms. The van der Waals surface area contributed by atoms with Crippen LogP contribution in [0.1, 0.15) is 29.6 Å². The Morgan fingerprint density at radius 2 is 2.04 bits per heavy atom. The third-order valence-corrected chi connectivity index (χ3v) is 4.00. The van der Waals surface area contributed by atoms with Crippen LogP contribution in [0.15, 0.2) is 42.9 Å². The average molecular weight is 326 g/mol. The number of aromatic nitrogens is 2. The number of hydrogen-bond acceptors (Lipinski definition) is 5. The third kappa shape index (κ3) is 3.34. The number of nitrogens with zero attached hydrogens (tertiary/aromatic N) is 3. The molecule has 3 heterocycles. The maximum absolute atomic E-state index is 12.7. The van der Waals surface area contributed by atoms with Crippen molar-refractivity contribution in [1.82, 2.24) is 14.9 Å². The summed E-state index contributed by atoms with van der Waals surface area (Å²) in [5.41, 5.74) is 0.456. The summed E-state index contributed by atoms with van der Waals surface area (Å²) < 4.78 is 0. The van der Waals surface area contributed by atoms with E-state index in [0.717, 1.165) is 12.8 Å². The van der Waals surface area contributed by atoms with Crippen molar-refractivity contribution < 1.29 is 14.7 Å². The number of aromatic hydroxyl groups is 1. The van der Waals surface area contributed by atoms with Crippen LogP contribution >= 0.6 is 0 Å². The van der Waals surface area contributed by atoms with E-state index in [9.17, 15) is 14.7 Å². The molecule has 0 aromatic carbocycles. The van der Waals surface area contributed by atoms with Crippen LogP contribution in [-0.2, 0) is 4.79 Å². The minimum atomic E-state index is -0.590. The number of pyridine rings is 2. The van der Waals surface area contributed by atoms with E-state index in [4.69, 9.17) is 0 Å². The summed E-state index contributed by atoms with van der Waals surface area (Å²) in [6.45, 7) is 0.514. The zero-order chi connectivity index (χ0) is 16.9. The number of hydrogen-bond donors (Lipinski definition) is 2. The predicted octanol–water partition coefficient (Wildman–Crippen LogP) is 1.82. The summed E-state index contributed by atoms with van der Waals surface area (Å²) >= 11 is 0. The van der Waals surface area contributed by atoms with Crippen LogP contribution in [0.4, 0.5) is 5.82 Å². The first-order valence-corrected chi connectivity index (χ1v) is 7.82. The number of likely N-dealkylation sites (tertiary alicyclic amines) is 1. The molecule has 0 radical (unpaired) electrons. The van der Waals surface area contributed by atoms with Crippen LogP contribution in [0.2, 0.25) is 0 Å². The van der Waals surface area contributed by atoms with Gasteiger partial charge < -0.3 is 15.3 Å². The van der Waals surface area contributed by atoms with Gasteiger partial charge in [-0.25, -0.2) is 4.98 Å². The molecular weight excluding hydrogens is 308 g/mol. The van der Waals surface area contributed by atoms with Crippen LogP contribution in [-0.4, -0.2) is 44.4 Å². The molecule has 2 aromatic heterocycles. The van der Waals surface area contributed by atoms with Gasteiger partial charge in [-0.3, -0.25) is 14.6 Å². The van der Waals surface area contributed by atoms with Gasteiger partial charge in [0.15, 0.2) is 11.6 Å². The molecule has 0 saturated carbocycles. The van der Waals surface area contributed by atoms with E-state index in [2.05, 4.69) is 15.3 Å². The van der Waals surface area contributed by atoms with Gasteiger partial charge in [-0.1, -0.05) is 0 Å². The second-order valence-electron chi connectivity index (χ2n) is 5.61. The molecule has 1 fully saturated rings. The zero-order valence-electron chi connectivity index (χ0n) is 13.1. The SMILES string of the molecule is O=C(Nc1ncccc1O)C1CCCCN1C(=O)c1cccnc1. The first-order valence-electron chi connectivity index (χ1n) is 7.82. The molecule has 1 saturated heterocycles. The van der Waals surface area contributed by atoms with Crippen molar-refractivity contribution in [3.63, 3.8) is 0 Å². The van der Waals surface area contributed by atoms with E-state index in [1.807, 2.05) is 0 Å². The smallest absolute Gasteiger partial charge is 0.256 e. The minimum absolute atomic E-state index is 0.0989. The third-order valence-electron chi connectivity index (χ3n) is 4.00. The van der Waals surface area contributed by atoms with Gasteiger partial charge in [0.05, 0.1) is 5.56 Å². The fourth-order valence-electron chi connectivity index (χ4n) is 2.80. The van der Waals surface area contributed by atoms with Crippen LogP contribution in [0.25, 0.3) is 0 Å². The topological polar surface area (TPSA) is 95.4 Å². The molecule has 1 unspecified atom stereocenters. The maximum atomic E-state index is 12.7. The van der Waals surface area contributed by atoms with E-state index in [1.54, 1.807) is 29.3 Å². The maximum Gasteiger partial charge on any atom is 0.256 e. The van der Waals surface area contributed by atoms with E-state index in [-0.39, 0.29) is 23.4 Å². The molecule has 1 aliphatic heterocycles. The largest absolute Gasteiger partial charge is 0.504 e. The summed E-state index contributed by atoms with van der Waals surface area (Å²) in [5, 5.41) is 12.4. The van der Waals surface area contributed by atoms with Gasteiger partial charge in [0.25, 0.3) is 5.91 Å². The van der Waals surface area contributed by atoms with E-state index in [0.29, 0.717) is 18.5 Å². The van der Waals surface area contributed by atoms with Gasteiger partial charge in [0, 0.05) is 25.1 Å². The summed E-state index contributed by atoms with van der Waals surface area (Å²) in [4.78, 5) is 34.7. The molecule has 0 spiro atoms. The molecule has 7 nitrogen and oxygen atoms in total. The van der Waals surface area contributed by atoms with Gasteiger partial charge >= 0.3 is 0 Å². The Kier molecular flexibility index (Phi) is 4.69. The number of nitrogens with one attached hydrogen (secondary N) is 1. The summed E-state index contributed by atoms with van der Waals surface area (Å²) in [6, 6.07) is 5.81. The molecule has 2 N–H and O–H groups in total. The van der Waals surface area contributed by atoms with Gasteiger partial charge in [-0.15, -0.1) is 0 Å². The number of piperidine rings is 1. The lowest BCUT2D eigenvalue weighted by molar-refractivity contribution is -0.121. The predicted molar refractivity (Wildman–Crippen MR) is 87.4 cm³/mol. The van der Waals surface area contributed by atoms with Crippen molar-refractivity contribution in [3.8, 4) is 5.75 Å². The molecule has 124 valence electrons. The van der Waals surface area contributed by atoms with Crippen LogP contribution in [0, 0.1) is 0 Å². The van der Waals surface area contributed by atoms with Crippen molar-refractivity contribution in [1.29, 1.82) is 0 Å². The lowest BCUT2D eigenvalue weighted by Crippen LogP contribution is -2.50. The van der Waals surface area contributed by atoms with Crippen molar-refractivity contribution in [2.24, 2.45) is 0 Å². The Morgan fingerprint density at radius 1 is 1.21 bits per heavy atom. The first-order chi connectivity index (χ1) is 11.7. The summed E-state index contributed by atoms with van der Waals surface area (Å²) in [5.74, 6) is -0.567. The van der Waals surface area contributed by atoms with Gasteiger partial charge in [0.2, 0.25) is 5.91 Å². The highest BCUT2D eigenvalue weighted by molar-refractivity contribution is 6.01. The van der Waals surface area contributed by atoms with Gasteiger partial charge in [-0.05, 0) is 43.5 Å². The van der Waals surface area contributed by atoms with E-state index in [1.165, 1.54) is 18.5 Å². The van der Waals surface area contributed by atoms with Crippen LogP contribution in [0.5, 0.6) is 5.75 Å². The molecule has 3 rings (SSSR count). The summed E-state index contributed by atoms with van der Waals surface area (Å²) in [7, 11) is 0. The van der Waals surface area contributed by atoms with Crippen molar-refractivity contribution in [3.05, 3.63) is 48.4 Å². The Hall–Kier alpha value is -2.96. The van der Waals surface area contributed by atoms with E-state index >= 15 is 0 Å². The molecule has 2 aromatic rings. The quantitative estimate of drug-likeness (QED) is 0.897. The Balaban J connectivity index is 1.78. The fraction of sp³-hybridized carbons (Fsp3) is 0.294. The van der Waals surface area contributed by atoms with E-state index < -0.39 is 6.04 Å². The Bertz CT molecular complexity index is 736. The summed E-state index contributed by atoms with van der Waals surface area (Å²) in [6.07, 6.45) is 6.87. The van der Waals surface area contributed by atoms with Gasteiger partial charge in [0.1, 0.15) is 6.04 Å². The second kappa shape index (κ2) is 7.08. The standard InChI is InChI=1S/C17H18N4O3/c22-14-7-4-9-19-15(14)20-16(23)13-6-1-2-10-21(13)17(24)12-5-3-8-18-11-12/h3-5,7-9,11,13,22H,1-2,6,10H2,(H,19,20,23). The highest BCUT2D eigenvalue weighted by atomic mass is 16.3. The highest BCUT2D eigenvalue weighted by Crippen LogP contribution is 2.23. The number of amides is 2. The molecule has 0 aliphatic carbocycles. The highest BCUT2D eigenvalue weighted by Gasteiger charge is 2.33. The van der Waals surface area contributed by atoms with Crippen LogP contribution < -0.4 is 5.32 Å². The van der Waals surface area contributed by atoms with Crippen molar-refractivity contribution in [2.75, 3.05) is 11.9 Å². The number of anilines is 1. The molecule has 2 amide bonds. The molecular formula is C17H18N4O3. The zero-order valence-corrected chi connectivity index (χ0v) is 13.1.